The van der Waals surface area contributed by atoms with E-state index in [0.717, 1.165) is 54.8 Å². The van der Waals surface area contributed by atoms with Gasteiger partial charge in [0.1, 0.15) is 0 Å². The number of nitrogens with one attached hydrogen (secondary N) is 3. The number of hydrogen-bond acceptors (Lipinski definition) is 5. The molecule has 0 amide bonds. The third-order valence-electron chi connectivity index (χ3n) is 4.67. The zero-order chi connectivity index (χ0) is 23.0. The van der Waals surface area contributed by atoms with Crippen LogP contribution < -0.4 is 25.4 Å². The topological polar surface area (TPSA) is 76.1 Å². The van der Waals surface area contributed by atoms with Crippen molar-refractivity contribution in [2.75, 3.05) is 51.9 Å². The molecular formula is C25H38N4O3. The van der Waals surface area contributed by atoms with Gasteiger partial charge in [-0.2, -0.15) is 0 Å². The first-order valence-electron chi connectivity index (χ1n) is 11.4. The first kappa shape index (κ1) is 25.3. The van der Waals surface area contributed by atoms with Crippen molar-refractivity contribution in [2.24, 2.45) is 4.99 Å². The van der Waals surface area contributed by atoms with E-state index in [1.165, 1.54) is 5.56 Å². The number of rotatable bonds is 14. The van der Waals surface area contributed by atoms with Gasteiger partial charge in [-0.25, -0.2) is 4.99 Å². The van der Waals surface area contributed by atoms with Gasteiger partial charge in [-0.05, 0) is 62.6 Å². The van der Waals surface area contributed by atoms with E-state index in [4.69, 9.17) is 19.2 Å². The van der Waals surface area contributed by atoms with Crippen LogP contribution in [-0.2, 0) is 17.7 Å². The van der Waals surface area contributed by atoms with E-state index in [0.29, 0.717) is 26.4 Å². The molecule has 0 unspecified atom stereocenters. The molecule has 0 atom stereocenters. The summed E-state index contributed by atoms with van der Waals surface area (Å²) in [5, 5.41) is 10.0. The Balaban J connectivity index is 1.89. The Morgan fingerprint density at radius 1 is 0.844 bits per heavy atom. The van der Waals surface area contributed by atoms with Crippen molar-refractivity contribution in [1.29, 1.82) is 0 Å². The normalized spacial score (nSPS) is 11.2. The lowest BCUT2D eigenvalue weighted by atomic mass is 10.1. The van der Waals surface area contributed by atoms with Gasteiger partial charge in [0.2, 0.25) is 0 Å². The molecule has 0 spiro atoms. The van der Waals surface area contributed by atoms with Gasteiger partial charge in [0, 0.05) is 32.4 Å². The predicted octanol–water partition coefficient (Wildman–Crippen LogP) is 3.84. The molecule has 0 aliphatic carbocycles. The van der Waals surface area contributed by atoms with E-state index < -0.39 is 0 Å². The molecule has 0 radical (unpaired) electrons. The lowest BCUT2D eigenvalue weighted by Crippen LogP contribution is -2.38. The van der Waals surface area contributed by atoms with Gasteiger partial charge >= 0.3 is 0 Å². The van der Waals surface area contributed by atoms with Gasteiger partial charge in [0.25, 0.3) is 0 Å². The highest BCUT2D eigenvalue weighted by atomic mass is 16.5. The standard InChI is InChI=1S/C25H38N4O3/c1-5-26-25(29-19-21-8-11-22(12-9-21)27-16-17-30-4)28-15-14-20-10-13-23(31-6-2)24(18-20)32-7-3/h8-13,18,27H,5-7,14-17,19H2,1-4H3,(H2,26,28,29). The molecule has 0 fully saturated rings. The Bertz CT molecular complexity index is 809. The summed E-state index contributed by atoms with van der Waals surface area (Å²) < 4.78 is 16.4. The van der Waals surface area contributed by atoms with Crippen molar-refractivity contribution in [3.63, 3.8) is 0 Å². The summed E-state index contributed by atoms with van der Waals surface area (Å²) in [4.78, 5) is 4.71. The molecule has 2 aromatic carbocycles. The molecule has 0 aliphatic heterocycles. The Kier molecular flexibility index (Phi) is 11.8. The van der Waals surface area contributed by atoms with E-state index in [9.17, 15) is 0 Å². The summed E-state index contributed by atoms with van der Waals surface area (Å²) in [6, 6.07) is 14.5. The van der Waals surface area contributed by atoms with Gasteiger partial charge in [-0.3, -0.25) is 0 Å². The largest absolute Gasteiger partial charge is 0.490 e. The number of nitrogens with zero attached hydrogens (tertiary/aromatic N) is 1. The fraction of sp³-hybridized carbons (Fsp3) is 0.480. The number of benzene rings is 2. The number of aliphatic imine (C=N–C) groups is 1. The van der Waals surface area contributed by atoms with Crippen LogP contribution in [0, 0.1) is 0 Å². The highest BCUT2D eigenvalue weighted by Crippen LogP contribution is 2.28. The average molecular weight is 443 g/mol. The smallest absolute Gasteiger partial charge is 0.191 e. The van der Waals surface area contributed by atoms with Crippen molar-refractivity contribution in [3.8, 4) is 11.5 Å². The number of hydrogen-bond donors (Lipinski definition) is 3. The van der Waals surface area contributed by atoms with E-state index >= 15 is 0 Å². The third kappa shape index (κ3) is 9.06. The van der Waals surface area contributed by atoms with Crippen molar-refractivity contribution in [3.05, 3.63) is 53.6 Å². The molecule has 0 saturated heterocycles. The van der Waals surface area contributed by atoms with Crippen LogP contribution in [0.5, 0.6) is 11.5 Å². The van der Waals surface area contributed by atoms with Gasteiger partial charge < -0.3 is 30.2 Å². The average Bonchev–Trinajstić information content (AvgIpc) is 2.80. The molecule has 2 aromatic rings. The molecule has 7 nitrogen and oxygen atoms in total. The van der Waals surface area contributed by atoms with Gasteiger partial charge in [-0.15, -0.1) is 0 Å². The molecule has 3 N–H and O–H groups in total. The van der Waals surface area contributed by atoms with Crippen molar-refractivity contribution in [2.45, 2.75) is 33.7 Å². The minimum Gasteiger partial charge on any atom is -0.490 e. The molecule has 0 aliphatic rings. The van der Waals surface area contributed by atoms with Crippen molar-refractivity contribution >= 4 is 11.6 Å². The summed E-state index contributed by atoms with van der Waals surface area (Å²) in [7, 11) is 1.70. The maximum Gasteiger partial charge on any atom is 0.191 e. The fourth-order valence-corrected chi connectivity index (χ4v) is 3.11. The summed E-state index contributed by atoms with van der Waals surface area (Å²) in [5.41, 5.74) is 3.44. The molecule has 2 rings (SSSR count). The quantitative estimate of drug-likeness (QED) is 0.234. The Labute approximate surface area is 192 Å². The summed E-state index contributed by atoms with van der Waals surface area (Å²) in [6.07, 6.45) is 0.860. The highest BCUT2D eigenvalue weighted by Gasteiger charge is 2.06. The van der Waals surface area contributed by atoms with Gasteiger partial charge in [-0.1, -0.05) is 18.2 Å². The van der Waals surface area contributed by atoms with Crippen LogP contribution in [-0.4, -0.2) is 52.5 Å². The van der Waals surface area contributed by atoms with Crippen LogP contribution in [0.4, 0.5) is 5.69 Å². The van der Waals surface area contributed by atoms with Gasteiger partial charge in [0.05, 0.1) is 26.4 Å². The number of anilines is 1. The van der Waals surface area contributed by atoms with Crippen LogP contribution in [0.1, 0.15) is 31.9 Å². The van der Waals surface area contributed by atoms with Crippen LogP contribution in [0.2, 0.25) is 0 Å². The van der Waals surface area contributed by atoms with E-state index in [-0.39, 0.29) is 0 Å². The fourth-order valence-electron chi connectivity index (χ4n) is 3.11. The number of methoxy groups -OCH3 is 1. The second-order valence-electron chi connectivity index (χ2n) is 7.14. The van der Waals surface area contributed by atoms with Crippen LogP contribution in [0.25, 0.3) is 0 Å². The number of guanidine groups is 1. The van der Waals surface area contributed by atoms with Crippen molar-refractivity contribution < 1.29 is 14.2 Å². The van der Waals surface area contributed by atoms with Gasteiger partial charge in [0.15, 0.2) is 17.5 Å². The second-order valence-corrected chi connectivity index (χ2v) is 7.14. The first-order chi connectivity index (χ1) is 15.7. The third-order valence-corrected chi connectivity index (χ3v) is 4.67. The number of ether oxygens (including phenoxy) is 3. The molecule has 176 valence electrons. The summed E-state index contributed by atoms with van der Waals surface area (Å²) in [6.45, 7) is 10.9. The Hall–Kier alpha value is -2.93. The van der Waals surface area contributed by atoms with E-state index in [1.54, 1.807) is 7.11 Å². The van der Waals surface area contributed by atoms with Crippen LogP contribution >= 0.6 is 0 Å². The Morgan fingerprint density at radius 2 is 1.56 bits per heavy atom. The minimum absolute atomic E-state index is 0.614. The van der Waals surface area contributed by atoms with Crippen LogP contribution in [0.15, 0.2) is 47.5 Å². The van der Waals surface area contributed by atoms with E-state index in [1.807, 2.05) is 19.9 Å². The lowest BCUT2D eigenvalue weighted by molar-refractivity contribution is 0.211. The summed E-state index contributed by atoms with van der Waals surface area (Å²) >= 11 is 0. The molecular weight excluding hydrogens is 404 g/mol. The lowest BCUT2D eigenvalue weighted by Gasteiger charge is -2.14. The highest BCUT2D eigenvalue weighted by molar-refractivity contribution is 5.79. The zero-order valence-electron chi connectivity index (χ0n) is 19.9. The second kappa shape index (κ2) is 15.0. The van der Waals surface area contributed by atoms with Crippen molar-refractivity contribution in [1.82, 2.24) is 10.6 Å². The molecule has 0 saturated carbocycles. The molecule has 0 bridgehead atoms. The Morgan fingerprint density at radius 3 is 2.25 bits per heavy atom. The van der Waals surface area contributed by atoms with E-state index in [2.05, 4.69) is 59.3 Å². The minimum atomic E-state index is 0.614. The monoisotopic (exact) mass is 442 g/mol. The first-order valence-corrected chi connectivity index (χ1v) is 11.4. The predicted molar refractivity (Wildman–Crippen MR) is 132 cm³/mol. The molecule has 7 heteroatoms. The zero-order valence-corrected chi connectivity index (χ0v) is 19.9. The SMILES string of the molecule is CCNC(=NCc1ccc(NCCOC)cc1)NCCc1ccc(OCC)c(OCC)c1. The molecule has 0 aromatic heterocycles. The molecule has 32 heavy (non-hydrogen) atoms. The maximum atomic E-state index is 5.73. The van der Waals surface area contributed by atoms with Crippen LogP contribution in [0.3, 0.4) is 0 Å². The maximum absolute atomic E-state index is 5.73. The molecule has 0 heterocycles. The summed E-state index contributed by atoms with van der Waals surface area (Å²) in [5.74, 6) is 2.40.